The zero-order chi connectivity index (χ0) is 18.4. The number of halogens is 1. The number of fused-ring (bicyclic) bond motifs is 2. The van der Waals surface area contributed by atoms with Gasteiger partial charge in [0, 0.05) is 28.4 Å². The second-order valence-corrected chi connectivity index (χ2v) is 8.92. The fourth-order valence-corrected chi connectivity index (χ4v) is 5.76. The van der Waals surface area contributed by atoms with Crippen molar-refractivity contribution in [3.8, 4) is 0 Å². The van der Waals surface area contributed by atoms with Crippen molar-refractivity contribution in [3.05, 3.63) is 46.7 Å². The SMILES string of the molecule is CC1NCCCC1c1cc2c(Nc3ccc4scnc4c3F)ccnc2s1. The Bertz CT molecular complexity index is 1120. The van der Waals surface area contributed by atoms with Gasteiger partial charge in [-0.3, -0.25) is 0 Å². The number of aromatic nitrogens is 2. The van der Waals surface area contributed by atoms with E-state index in [2.05, 4.69) is 33.6 Å². The van der Waals surface area contributed by atoms with E-state index < -0.39 is 0 Å². The molecule has 27 heavy (non-hydrogen) atoms. The Morgan fingerprint density at radius 1 is 1.22 bits per heavy atom. The van der Waals surface area contributed by atoms with E-state index >= 15 is 0 Å². The summed E-state index contributed by atoms with van der Waals surface area (Å²) in [4.78, 5) is 11.0. The number of thiazole rings is 1. The molecule has 4 heterocycles. The zero-order valence-corrected chi connectivity index (χ0v) is 16.5. The van der Waals surface area contributed by atoms with E-state index in [9.17, 15) is 4.39 Å². The number of thiophene rings is 1. The second kappa shape index (κ2) is 6.82. The minimum Gasteiger partial charge on any atom is -0.352 e. The average Bonchev–Trinajstić information content (AvgIpc) is 3.32. The highest BCUT2D eigenvalue weighted by Gasteiger charge is 2.25. The molecule has 2 unspecified atom stereocenters. The monoisotopic (exact) mass is 398 g/mol. The summed E-state index contributed by atoms with van der Waals surface area (Å²) in [5, 5.41) is 7.88. The zero-order valence-electron chi connectivity index (χ0n) is 14.8. The standard InChI is InChI=1S/C20H19FN4S2/c1-11-12(3-2-7-22-11)17-9-13-14(6-8-23-20(13)27-17)25-15-4-5-16-19(18(15)21)24-10-26-16/h4-6,8-12,22H,2-3,7H2,1H3,(H,23,25). The van der Waals surface area contributed by atoms with Gasteiger partial charge in [0.1, 0.15) is 10.3 Å². The first-order valence-corrected chi connectivity index (χ1v) is 10.8. The molecule has 0 bridgehead atoms. The number of benzene rings is 1. The molecule has 0 spiro atoms. The maximum atomic E-state index is 14.8. The molecule has 0 saturated carbocycles. The van der Waals surface area contributed by atoms with Crippen LogP contribution in [0.15, 0.2) is 36.0 Å². The molecule has 0 amide bonds. The van der Waals surface area contributed by atoms with Crippen molar-refractivity contribution >= 4 is 54.5 Å². The lowest BCUT2D eigenvalue weighted by molar-refractivity contribution is 0.375. The van der Waals surface area contributed by atoms with Gasteiger partial charge in [0.25, 0.3) is 0 Å². The largest absolute Gasteiger partial charge is 0.352 e. The van der Waals surface area contributed by atoms with Crippen LogP contribution in [0.1, 0.15) is 30.6 Å². The van der Waals surface area contributed by atoms with Gasteiger partial charge < -0.3 is 10.6 Å². The van der Waals surface area contributed by atoms with E-state index in [-0.39, 0.29) is 5.82 Å². The fourth-order valence-electron chi connectivity index (χ4n) is 3.82. The van der Waals surface area contributed by atoms with Crippen LogP contribution < -0.4 is 10.6 Å². The minimum absolute atomic E-state index is 0.306. The summed E-state index contributed by atoms with van der Waals surface area (Å²) in [5.41, 5.74) is 3.42. The Balaban J connectivity index is 1.53. The molecule has 4 aromatic rings. The molecule has 3 aromatic heterocycles. The summed E-state index contributed by atoms with van der Waals surface area (Å²) >= 11 is 3.19. The molecule has 1 fully saturated rings. The predicted molar refractivity (Wildman–Crippen MR) is 112 cm³/mol. The first kappa shape index (κ1) is 17.0. The van der Waals surface area contributed by atoms with Gasteiger partial charge in [0.05, 0.1) is 21.6 Å². The molecule has 1 aliphatic heterocycles. The van der Waals surface area contributed by atoms with E-state index in [0.717, 1.165) is 27.1 Å². The van der Waals surface area contributed by atoms with E-state index in [0.29, 0.717) is 23.2 Å². The lowest BCUT2D eigenvalue weighted by atomic mass is 9.90. The Kier molecular flexibility index (Phi) is 4.30. The molecule has 7 heteroatoms. The van der Waals surface area contributed by atoms with Gasteiger partial charge in [-0.15, -0.1) is 22.7 Å². The Morgan fingerprint density at radius 2 is 2.15 bits per heavy atom. The third kappa shape index (κ3) is 2.99. The molecule has 2 N–H and O–H groups in total. The maximum absolute atomic E-state index is 14.8. The van der Waals surface area contributed by atoms with Gasteiger partial charge in [-0.05, 0) is 50.6 Å². The van der Waals surface area contributed by atoms with Crippen molar-refractivity contribution < 1.29 is 4.39 Å². The minimum atomic E-state index is -0.306. The van der Waals surface area contributed by atoms with Crippen LogP contribution in [-0.2, 0) is 0 Å². The quantitative estimate of drug-likeness (QED) is 0.469. The Hall–Kier alpha value is -2.09. The van der Waals surface area contributed by atoms with Crippen LogP contribution in [0.25, 0.3) is 20.4 Å². The topological polar surface area (TPSA) is 49.8 Å². The van der Waals surface area contributed by atoms with Crippen LogP contribution in [0.3, 0.4) is 0 Å². The fraction of sp³-hybridized carbons (Fsp3) is 0.300. The van der Waals surface area contributed by atoms with Gasteiger partial charge in [0.15, 0.2) is 5.82 Å². The number of nitrogens with zero attached hydrogens (tertiary/aromatic N) is 2. The molecule has 2 atom stereocenters. The van der Waals surface area contributed by atoms with Gasteiger partial charge >= 0.3 is 0 Å². The van der Waals surface area contributed by atoms with Crippen molar-refractivity contribution in [1.29, 1.82) is 0 Å². The lowest BCUT2D eigenvalue weighted by Crippen LogP contribution is -2.37. The number of nitrogens with one attached hydrogen (secondary N) is 2. The number of pyridine rings is 1. The highest BCUT2D eigenvalue weighted by atomic mass is 32.1. The highest BCUT2D eigenvalue weighted by molar-refractivity contribution is 7.18. The molecule has 4 nitrogen and oxygen atoms in total. The molecular weight excluding hydrogens is 379 g/mol. The van der Waals surface area contributed by atoms with Crippen molar-refractivity contribution in [2.24, 2.45) is 0 Å². The number of hydrogen-bond donors (Lipinski definition) is 2. The van der Waals surface area contributed by atoms with Crippen LogP contribution >= 0.6 is 22.7 Å². The smallest absolute Gasteiger partial charge is 0.173 e. The number of hydrogen-bond acceptors (Lipinski definition) is 6. The van der Waals surface area contributed by atoms with Crippen LogP contribution in [0, 0.1) is 5.82 Å². The van der Waals surface area contributed by atoms with Crippen molar-refractivity contribution in [3.63, 3.8) is 0 Å². The number of piperidine rings is 1. The first-order chi connectivity index (χ1) is 13.2. The third-order valence-corrected chi connectivity index (χ3v) is 7.26. The van der Waals surface area contributed by atoms with Gasteiger partial charge in [-0.2, -0.15) is 0 Å². The third-order valence-electron chi connectivity index (χ3n) is 5.29. The van der Waals surface area contributed by atoms with Crippen LogP contribution in [-0.4, -0.2) is 22.6 Å². The molecule has 5 rings (SSSR count). The van der Waals surface area contributed by atoms with E-state index in [1.54, 1.807) is 29.1 Å². The van der Waals surface area contributed by atoms with Crippen molar-refractivity contribution in [2.45, 2.75) is 31.7 Å². The van der Waals surface area contributed by atoms with E-state index in [1.807, 2.05) is 12.1 Å². The molecular formula is C20H19FN4S2. The summed E-state index contributed by atoms with van der Waals surface area (Å²) in [5.74, 6) is 0.202. The maximum Gasteiger partial charge on any atom is 0.173 e. The van der Waals surface area contributed by atoms with Gasteiger partial charge in [-0.25, -0.2) is 14.4 Å². The van der Waals surface area contributed by atoms with Crippen LogP contribution in [0.5, 0.6) is 0 Å². The summed E-state index contributed by atoms with van der Waals surface area (Å²) in [6.07, 6.45) is 4.17. The van der Waals surface area contributed by atoms with E-state index in [1.165, 1.54) is 29.1 Å². The average molecular weight is 399 g/mol. The molecule has 1 aliphatic rings. The highest BCUT2D eigenvalue weighted by Crippen LogP contribution is 2.39. The summed E-state index contributed by atoms with van der Waals surface area (Å²) in [7, 11) is 0. The molecule has 1 aromatic carbocycles. The van der Waals surface area contributed by atoms with E-state index in [4.69, 9.17) is 0 Å². The molecule has 0 radical (unpaired) electrons. The summed E-state index contributed by atoms with van der Waals surface area (Å²) < 4.78 is 15.7. The van der Waals surface area contributed by atoms with Gasteiger partial charge in [-0.1, -0.05) is 0 Å². The lowest BCUT2D eigenvalue weighted by Gasteiger charge is -2.29. The normalized spacial score (nSPS) is 20.4. The second-order valence-electron chi connectivity index (χ2n) is 6.97. The number of anilines is 2. The Labute approximate surface area is 164 Å². The number of rotatable bonds is 3. The Morgan fingerprint density at radius 3 is 3.04 bits per heavy atom. The van der Waals surface area contributed by atoms with Crippen molar-refractivity contribution in [2.75, 3.05) is 11.9 Å². The van der Waals surface area contributed by atoms with Crippen molar-refractivity contribution in [1.82, 2.24) is 15.3 Å². The first-order valence-electron chi connectivity index (χ1n) is 9.11. The summed E-state index contributed by atoms with van der Waals surface area (Å²) in [6.45, 7) is 3.34. The van der Waals surface area contributed by atoms with Gasteiger partial charge in [0.2, 0.25) is 0 Å². The molecule has 1 saturated heterocycles. The molecule has 0 aliphatic carbocycles. The predicted octanol–water partition coefficient (Wildman–Crippen LogP) is 5.64. The molecule has 138 valence electrons. The summed E-state index contributed by atoms with van der Waals surface area (Å²) in [6, 6.07) is 8.29. The van der Waals surface area contributed by atoms with Crippen LogP contribution in [0.2, 0.25) is 0 Å². The van der Waals surface area contributed by atoms with Crippen LogP contribution in [0.4, 0.5) is 15.8 Å².